The molecule has 0 bridgehead atoms. The van der Waals surface area contributed by atoms with Crippen molar-refractivity contribution in [3.8, 4) is 5.69 Å². The van der Waals surface area contributed by atoms with Crippen molar-refractivity contribution >= 4 is 21.6 Å². The molecule has 0 unspecified atom stereocenters. The molecule has 0 aliphatic carbocycles. The van der Waals surface area contributed by atoms with Gasteiger partial charge in [-0.05, 0) is 49.2 Å². The van der Waals surface area contributed by atoms with Gasteiger partial charge in [0.15, 0.2) is 0 Å². The van der Waals surface area contributed by atoms with Gasteiger partial charge >= 0.3 is 0 Å². The lowest BCUT2D eigenvalue weighted by Gasteiger charge is -2.09. The van der Waals surface area contributed by atoms with Gasteiger partial charge in [-0.1, -0.05) is 32.0 Å². The number of carbonyl (C=O) groups excluding carboxylic acids is 1. The van der Waals surface area contributed by atoms with Gasteiger partial charge in [-0.25, -0.2) is 13.1 Å². The average Bonchev–Trinajstić information content (AvgIpc) is 2.95. The van der Waals surface area contributed by atoms with E-state index in [0.717, 1.165) is 0 Å². The first kappa shape index (κ1) is 22.4. The van der Waals surface area contributed by atoms with Crippen molar-refractivity contribution in [3.63, 3.8) is 0 Å². The van der Waals surface area contributed by atoms with Gasteiger partial charge in [-0.3, -0.25) is 19.0 Å². The predicted molar refractivity (Wildman–Crippen MR) is 120 cm³/mol. The largest absolute Gasteiger partial charge is 0.352 e. The van der Waals surface area contributed by atoms with Crippen LogP contribution in [0.1, 0.15) is 29.9 Å². The smallest absolute Gasteiger partial charge is 0.296 e. The van der Waals surface area contributed by atoms with Crippen molar-refractivity contribution in [2.24, 2.45) is 13.0 Å². The van der Waals surface area contributed by atoms with Gasteiger partial charge in [0, 0.05) is 19.2 Å². The molecule has 9 heteroatoms. The van der Waals surface area contributed by atoms with Gasteiger partial charge in [0.1, 0.15) is 5.69 Å². The molecule has 0 aliphatic heterocycles. The lowest BCUT2D eigenvalue weighted by molar-refractivity contribution is 0.0949. The highest BCUT2D eigenvalue weighted by Crippen LogP contribution is 2.19. The van der Waals surface area contributed by atoms with Crippen LogP contribution in [0, 0.1) is 12.8 Å². The molecule has 2 N–H and O–H groups in total. The number of para-hydroxylation sites is 1. The molecule has 3 rings (SSSR count). The molecule has 3 aromatic rings. The van der Waals surface area contributed by atoms with Crippen molar-refractivity contribution < 1.29 is 13.2 Å². The third-order valence-electron chi connectivity index (χ3n) is 4.89. The van der Waals surface area contributed by atoms with Crippen molar-refractivity contribution in [2.75, 3.05) is 11.3 Å². The van der Waals surface area contributed by atoms with Crippen LogP contribution in [0.5, 0.6) is 0 Å². The summed E-state index contributed by atoms with van der Waals surface area (Å²) in [5, 5.41) is 2.79. The highest BCUT2D eigenvalue weighted by Gasteiger charge is 2.22. The third-order valence-corrected chi connectivity index (χ3v) is 6.25. The van der Waals surface area contributed by atoms with E-state index in [9.17, 15) is 18.0 Å². The summed E-state index contributed by atoms with van der Waals surface area (Å²) in [6.45, 7) is 6.17. The Hall–Kier alpha value is -3.33. The van der Waals surface area contributed by atoms with E-state index >= 15 is 0 Å². The summed E-state index contributed by atoms with van der Waals surface area (Å²) in [6.07, 6.45) is 0. The highest BCUT2D eigenvalue weighted by atomic mass is 32.2. The summed E-state index contributed by atoms with van der Waals surface area (Å²) in [7, 11) is -2.33. The summed E-state index contributed by atoms with van der Waals surface area (Å²) < 4.78 is 31.2. The quantitative estimate of drug-likeness (QED) is 0.587. The molecule has 0 atom stereocenters. The summed E-state index contributed by atoms with van der Waals surface area (Å²) in [5.74, 6) is 0.0390. The van der Waals surface area contributed by atoms with Crippen LogP contribution in [0.2, 0.25) is 0 Å². The first-order chi connectivity index (χ1) is 14.6. The van der Waals surface area contributed by atoms with E-state index in [1.54, 1.807) is 42.9 Å². The Kier molecular flexibility index (Phi) is 6.35. The standard InChI is InChI=1S/C22H26N4O4S/c1-15(2)14-23-21(27)17-10-12-19(13-11-17)31(29,30)24-20-16(3)25(4)26(22(20)28)18-8-6-5-7-9-18/h5-13,15,24H,14H2,1-4H3,(H,23,27). The first-order valence-electron chi connectivity index (χ1n) is 9.87. The van der Waals surface area contributed by atoms with Gasteiger partial charge in [0.05, 0.1) is 16.3 Å². The fourth-order valence-electron chi connectivity index (χ4n) is 3.06. The maximum atomic E-state index is 13.0. The molecule has 8 nitrogen and oxygen atoms in total. The monoisotopic (exact) mass is 442 g/mol. The van der Waals surface area contributed by atoms with Gasteiger partial charge in [0.25, 0.3) is 21.5 Å². The molecule has 1 heterocycles. The van der Waals surface area contributed by atoms with Crippen molar-refractivity contribution in [2.45, 2.75) is 25.7 Å². The molecule has 0 radical (unpaired) electrons. The number of nitrogens with zero attached hydrogens (tertiary/aromatic N) is 2. The van der Waals surface area contributed by atoms with Crippen LogP contribution < -0.4 is 15.6 Å². The number of sulfonamides is 1. The Bertz CT molecular complexity index is 1240. The molecule has 0 fully saturated rings. The molecule has 31 heavy (non-hydrogen) atoms. The van der Waals surface area contributed by atoms with E-state index in [-0.39, 0.29) is 16.5 Å². The third kappa shape index (κ3) is 4.72. The zero-order valence-electron chi connectivity index (χ0n) is 17.9. The SMILES string of the molecule is Cc1c(NS(=O)(=O)c2ccc(C(=O)NCC(C)C)cc2)c(=O)n(-c2ccccc2)n1C. The number of amides is 1. The van der Waals surface area contributed by atoms with Crippen LogP contribution in [-0.2, 0) is 17.1 Å². The Morgan fingerprint density at radius 2 is 1.65 bits per heavy atom. The fraction of sp³-hybridized carbons (Fsp3) is 0.273. The Morgan fingerprint density at radius 3 is 2.23 bits per heavy atom. The topological polar surface area (TPSA) is 102 Å². The van der Waals surface area contributed by atoms with Crippen LogP contribution in [0.4, 0.5) is 5.69 Å². The normalized spacial score (nSPS) is 11.5. The van der Waals surface area contributed by atoms with Crippen LogP contribution >= 0.6 is 0 Å². The maximum Gasteiger partial charge on any atom is 0.296 e. The Morgan fingerprint density at radius 1 is 1.03 bits per heavy atom. The molecule has 0 saturated carbocycles. The molecule has 0 spiro atoms. The number of hydrogen-bond donors (Lipinski definition) is 2. The second kappa shape index (κ2) is 8.81. The van der Waals surface area contributed by atoms with Crippen molar-refractivity contribution in [3.05, 3.63) is 76.2 Å². The van der Waals surface area contributed by atoms with Crippen LogP contribution in [-0.4, -0.2) is 30.2 Å². The lowest BCUT2D eigenvalue weighted by atomic mass is 10.2. The molecular weight excluding hydrogens is 416 g/mol. The molecule has 1 aromatic heterocycles. The van der Waals surface area contributed by atoms with Crippen LogP contribution in [0.15, 0.2) is 64.3 Å². The molecule has 0 saturated heterocycles. The Balaban J connectivity index is 1.88. The summed E-state index contributed by atoms with van der Waals surface area (Å²) in [6, 6.07) is 14.6. The van der Waals surface area contributed by atoms with Gasteiger partial charge < -0.3 is 5.32 Å². The average molecular weight is 443 g/mol. The number of carbonyl (C=O) groups is 1. The Labute approximate surface area is 181 Å². The van der Waals surface area contributed by atoms with Crippen LogP contribution in [0.25, 0.3) is 5.69 Å². The van der Waals surface area contributed by atoms with Gasteiger partial charge in [-0.15, -0.1) is 0 Å². The van der Waals surface area contributed by atoms with E-state index < -0.39 is 15.6 Å². The number of anilines is 1. The van der Waals surface area contributed by atoms with E-state index in [0.29, 0.717) is 29.4 Å². The first-order valence-corrected chi connectivity index (χ1v) is 11.3. The van der Waals surface area contributed by atoms with E-state index in [2.05, 4.69) is 10.0 Å². The van der Waals surface area contributed by atoms with Crippen molar-refractivity contribution in [1.29, 1.82) is 0 Å². The maximum absolute atomic E-state index is 13.0. The van der Waals surface area contributed by atoms with E-state index in [1.165, 1.54) is 28.9 Å². The van der Waals surface area contributed by atoms with E-state index in [1.807, 2.05) is 19.9 Å². The minimum absolute atomic E-state index is 0.0230. The number of nitrogens with one attached hydrogen (secondary N) is 2. The van der Waals surface area contributed by atoms with E-state index in [4.69, 9.17) is 0 Å². The minimum Gasteiger partial charge on any atom is -0.352 e. The van der Waals surface area contributed by atoms with Crippen LogP contribution in [0.3, 0.4) is 0 Å². The summed E-state index contributed by atoms with van der Waals surface area (Å²) in [5.41, 5.74) is 0.967. The zero-order valence-corrected chi connectivity index (χ0v) is 18.7. The molecular formula is C22H26N4O4S. The summed E-state index contributed by atoms with van der Waals surface area (Å²) in [4.78, 5) is 25.1. The second-order valence-electron chi connectivity index (χ2n) is 7.67. The number of benzene rings is 2. The molecule has 1 amide bonds. The number of aromatic nitrogens is 2. The van der Waals surface area contributed by atoms with Gasteiger partial charge in [0.2, 0.25) is 0 Å². The highest BCUT2D eigenvalue weighted by molar-refractivity contribution is 7.92. The zero-order chi connectivity index (χ0) is 22.8. The minimum atomic E-state index is -4.02. The molecule has 2 aromatic carbocycles. The van der Waals surface area contributed by atoms with Crippen molar-refractivity contribution in [1.82, 2.24) is 14.7 Å². The molecule has 0 aliphatic rings. The summed E-state index contributed by atoms with van der Waals surface area (Å²) >= 11 is 0. The number of hydrogen-bond acceptors (Lipinski definition) is 4. The number of rotatable bonds is 7. The molecule has 164 valence electrons. The fourth-order valence-corrected chi connectivity index (χ4v) is 4.18. The lowest BCUT2D eigenvalue weighted by Crippen LogP contribution is -2.27. The second-order valence-corrected chi connectivity index (χ2v) is 9.35. The van der Waals surface area contributed by atoms with Gasteiger partial charge in [-0.2, -0.15) is 0 Å². The predicted octanol–water partition coefficient (Wildman–Crippen LogP) is 2.67.